The predicted octanol–water partition coefficient (Wildman–Crippen LogP) is 3.76. The molecule has 1 aliphatic heterocycles. The van der Waals surface area contributed by atoms with E-state index in [9.17, 15) is 9.18 Å². The Morgan fingerprint density at radius 2 is 2.25 bits per heavy atom. The number of anilines is 1. The lowest BCUT2D eigenvalue weighted by atomic mass is 10.1. The zero-order chi connectivity index (χ0) is 16.9. The van der Waals surface area contributed by atoms with E-state index >= 15 is 0 Å². The Balaban J connectivity index is 1.51. The molecular formula is C18H18ClFN3O. The Kier molecular flexibility index (Phi) is 5.30. The summed E-state index contributed by atoms with van der Waals surface area (Å²) in [6.07, 6.45) is 3.40. The van der Waals surface area contributed by atoms with Gasteiger partial charge >= 0.3 is 0 Å². The first-order valence-corrected chi connectivity index (χ1v) is 8.32. The van der Waals surface area contributed by atoms with Crippen molar-refractivity contribution in [3.8, 4) is 0 Å². The van der Waals surface area contributed by atoms with E-state index in [2.05, 4.69) is 21.7 Å². The number of nitrogens with zero attached hydrogens (tertiary/aromatic N) is 1. The highest BCUT2D eigenvalue weighted by molar-refractivity contribution is 6.33. The number of hydrogen-bond acceptors (Lipinski definition) is 3. The molecule has 2 aromatic rings. The van der Waals surface area contributed by atoms with Gasteiger partial charge < -0.3 is 10.6 Å². The van der Waals surface area contributed by atoms with E-state index in [4.69, 9.17) is 11.6 Å². The topological polar surface area (TPSA) is 54.0 Å². The van der Waals surface area contributed by atoms with Gasteiger partial charge in [0.15, 0.2) is 0 Å². The number of benzene rings is 1. The van der Waals surface area contributed by atoms with Gasteiger partial charge in [0, 0.05) is 18.8 Å². The van der Waals surface area contributed by atoms with Crippen molar-refractivity contribution >= 4 is 23.2 Å². The number of nitrogens with one attached hydrogen (secondary N) is 2. The zero-order valence-corrected chi connectivity index (χ0v) is 13.9. The number of carbonyl (C=O) groups excluding carboxylic acids is 1. The van der Waals surface area contributed by atoms with Crippen LogP contribution in [-0.2, 0) is 12.8 Å². The Labute approximate surface area is 145 Å². The minimum absolute atomic E-state index is 0.102. The third-order valence-corrected chi connectivity index (χ3v) is 4.22. The molecule has 6 heteroatoms. The molecule has 0 saturated carbocycles. The molecule has 24 heavy (non-hydrogen) atoms. The molecule has 0 saturated heterocycles. The van der Waals surface area contributed by atoms with E-state index < -0.39 is 11.7 Å². The second-order valence-electron chi connectivity index (χ2n) is 5.64. The first-order valence-electron chi connectivity index (χ1n) is 7.94. The molecule has 4 nitrogen and oxygen atoms in total. The number of amides is 1. The van der Waals surface area contributed by atoms with Gasteiger partial charge in [-0.3, -0.25) is 9.78 Å². The van der Waals surface area contributed by atoms with Crippen molar-refractivity contribution in [2.45, 2.75) is 25.7 Å². The quantitative estimate of drug-likeness (QED) is 0.810. The second-order valence-corrected chi connectivity index (χ2v) is 6.05. The average molecular weight is 347 g/mol. The van der Waals surface area contributed by atoms with E-state index in [-0.39, 0.29) is 10.6 Å². The van der Waals surface area contributed by atoms with Crippen LogP contribution in [-0.4, -0.2) is 17.4 Å². The van der Waals surface area contributed by atoms with Gasteiger partial charge in [-0.2, -0.15) is 0 Å². The Morgan fingerprint density at radius 3 is 3.08 bits per heavy atom. The number of halogens is 2. The van der Waals surface area contributed by atoms with Crippen LogP contribution in [0.15, 0.2) is 30.3 Å². The molecule has 3 rings (SSSR count). The number of hydrogen-bond donors (Lipinski definition) is 2. The molecule has 0 atom stereocenters. The first-order chi connectivity index (χ1) is 11.6. The maximum absolute atomic E-state index is 13.7. The summed E-state index contributed by atoms with van der Waals surface area (Å²) in [5, 5.41) is 6.01. The highest BCUT2D eigenvalue weighted by Crippen LogP contribution is 2.21. The maximum atomic E-state index is 13.7. The molecule has 2 heterocycles. The summed E-state index contributed by atoms with van der Waals surface area (Å²) in [4.78, 5) is 16.6. The summed E-state index contributed by atoms with van der Waals surface area (Å²) in [5.74, 6) is -1.17. The van der Waals surface area contributed by atoms with Crippen LogP contribution in [0.25, 0.3) is 0 Å². The summed E-state index contributed by atoms with van der Waals surface area (Å²) in [7, 11) is 0. The van der Waals surface area contributed by atoms with Gasteiger partial charge in [0.25, 0.3) is 5.91 Å². The molecule has 1 amide bonds. The lowest BCUT2D eigenvalue weighted by Crippen LogP contribution is -2.22. The SMILES string of the molecule is O=C(N[CH]CCc1ccc2c(n1)CCCN2)c1c(F)cccc1Cl. The van der Waals surface area contributed by atoms with Gasteiger partial charge in [0.2, 0.25) is 0 Å². The van der Waals surface area contributed by atoms with Crippen molar-refractivity contribution in [3.63, 3.8) is 0 Å². The van der Waals surface area contributed by atoms with Crippen molar-refractivity contribution in [1.29, 1.82) is 0 Å². The minimum Gasteiger partial charge on any atom is -0.384 e. The summed E-state index contributed by atoms with van der Waals surface area (Å²) >= 11 is 5.87. The summed E-state index contributed by atoms with van der Waals surface area (Å²) in [5.41, 5.74) is 3.05. The number of fused-ring (bicyclic) bond motifs is 1. The van der Waals surface area contributed by atoms with Crippen LogP contribution in [0.4, 0.5) is 10.1 Å². The van der Waals surface area contributed by atoms with Crippen LogP contribution < -0.4 is 10.6 Å². The van der Waals surface area contributed by atoms with E-state index in [1.54, 1.807) is 6.54 Å². The molecule has 0 aliphatic carbocycles. The standard InChI is InChI=1S/C18H18ClFN3O/c19-13-5-1-6-14(20)17(13)18(24)22-11-2-4-12-8-9-15-16(23-12)7-3-10-21-15/h1,5-6,8-9,11,21H,2-4,7,10H2,(H,22,24). The molecule has 0 unspecified atom stereocenters. The third-order valence-electron chi connectivity index (χ3n) is 3.91. The van der Waals surface area contributed by atoms with E-state index in [0.717, 1.165) is 36.5 Å². The first kappa shape index (κ1) is 16.7. The van der Waals surface area contributed by atoms with Crippen LogP contribution >= 0.6 is 11.6 Å². The lowest BCUT2D eigenvalue weighted by Gasteiger charge is -2.17. The Morgan fingerprint density at radius 1 is 1.38 bits per heavy atom. The molecule has 0 spiro atoms. The van der Waals surface area contributed by atoms with Crippen LogP contribution in [0.3, 0.4) is 0 Å². The van der Waals surface area contributed by atoms with Crippen molar-refractivity contribution in [2.75, 3.05) is 11.9 Å². The fraction of sp³-hybridized carbons (Fsp3) is 0.278. The highest BCUT2D eigenvalue weighted by atomic mass is 35.5. The number of pyridine rings is 1. The van der Waals surface area contributed by atoms with Gasteiger partial charge in [-0.05, 0) is 49.9 Å². The molecular weight excluding hydrogens is 329 g/mol. The molecule has 1 aromatic carbocycles. The molecule has 1 radical (unpaired) electrons. The summed E-state index contributed by atoms with van der Waals surface area (Å²) in [6, 6.07) is 8.21. The number of aryl methyl sites for hydroxylation is 2. The maximum Gasteiger partial charge on any atom is 0.256 e. The normalized spacial score (nSPS) is 13.1. The van der Waals surface area contributed by atoms with E-state index in [1.807, 2.05) is 6.07 Å². The number of rotatable bonds is 5. The van der Waals surface area contributed by atoms with Crippen molar-refractivity contribution in [1.82, 2.24) is 10.3 Å². The van der Waals surface area contributed by atoms with Crippen molar-refractivity contribution in [2.24, 2.45) is 0 Å². The smallest absolute Gasteiger partial charge is 0.256 e. The van der Waals surface area contributed by atoms with Gasteiger partial charge in [-0.15, -0.1) is 0 Å². The Hall–Kier alpha value is -2.14. The zero-order valence-electron chi connectivity index (χ0n) is 13.1. The highest BCUT2D eigenvalue weighted by Gasteiger charge is 2.15. The fourth-order valence-corrected chi connectivity index (χ4v) is 2.94. The van der Waals surface area contributed by atoms with Gasteiger partial charge in [-0.25, -0.2) is 4.39 Å². The molecule has 1 aliphatic rings. The molecule has 1 aromatic heterocycles. The lowest BCUT2D eigenvalue weighted by molar-refractivity contribution is 0.0959. The van der Waals surface area contributed by atoms with Gasteiger partial charge in [-0.1, -0.05) is 17.7 Å². The summed E-state index contributed by atoms with van der Waals surface area (Å²) in [6.45, 7) is 2.61. The second kappa shape index (κ2) is 7.62. The fourth-order valence-electron chi connectivity index (χ4n) is 2.69. The predicted molar refractivity (Wildman–Crippen MR) is 92.5 cm³/mol. The monoisotopic (exact) mass is 346 g/mol. The molecule has 125 valence electrons. The summed E-state index contributed by atoms with van der Waals surface area (Å²) < 4.78 is 13.7. The van der Waals surface area contributed by atoms with Crippen LogP contribution in [0.1, 0.15) is 34.6 Å². The minimum atomic E-state index is -0.628. The number of carbonyl (C=O) groups is 1. The molecule has 0 fully saturated rings. The molecule has 0 bridgehead atoms. The third kappa shape index (κ3) is 3.85. The van der Waals surface area contributed by atoms with Crippen molar-refractivity contribution in [3.05, 3.63) is 64.7 Å². The number of aromatic nitrogens is 1. The van der Waals surface area contributed by atoms with Crippen molar-refractivity contribution < 1.29 is 9.18 Å². The van der Waals surface area contributed by atoms with Crippen LogP contribution in [0.5, 0.6) is 0 Å². The van der Waals surface area contributed by atoms with Crippen LogP contribution in [0.2, 0.25) is 5.02 Å². The van der Waals surface area contributed by atoms with E-state index in [1.165, 1.54) is 18.2 Å². The van der Waals surface area contributed by atoms with Gasteiger partial charge in [0.05, 0.1) is 22.0 Å². The largest absolute Gasteiger partial charge is 0.384 e. The van der Waals surface area contributed by atoms with Gasteiger partial charge in [0.1, 0.15) is 5.82 Å². The van der Waals surface area contributed by atoms with E-state index in [0.29, 0.717) is 12.8 Å². The average Bonchev–Trinajstić information content (AvgIpc) is 2.58. The van der Waals surface area contributed by atoms with Crippen LogP contribution in [0, 0.1) is 12.4 Å². The molecule has 2 N–H and O–H groups in total. The Bertz CT molecular complexity index is 731.